The van der Waals surface area contributed by atoms with E-state index in [0.717, 1.165) is 32.1 Å². The van der Waals surface area contributed by atoms with E-state index in [2.05, 4.69) is 52.8 Å². The first kappa shape index (κ1) is 25.0. The van der Waals surface area contributed by atoms with Gasteiger partial charge in [0.15, 0.2) is 6.29 Å². The van der Waals surface area contributed by atoms with E-state index in [1.165, 1.54) is 12.8 Å². The largest absolute Gasteiger partial charge is 0.392 e. The average molecular weight is 473 g/mol. The maximum atomic E-state index is 11.6. The van der Waals surface area contributed by atoms with Gasteiger partial charge in [-0.05, 0) is 87.4 Å². The summed E-state index contributed by atoms with van der Waals surface area (Å²) in [6, 6.07) is 0. The summed E-state index contributed by atoms with van der Waals surface area (Å²) in [4.78, 5) is 0. The van der Waals surface area contributed by atoms with Crippen molar-refractivity contribution in [3.05, 3.63) is 24.3 Å². The molecule has 1 saturated heterocycles. The summed E-state index contributed by atoms with van der Waals surface area (Å²) in [5.41, 5.74) is -1.67. The van der Waals surface area contributed by atoms with E-state index in [1.54, 1.807) is 0 Å². The molecule has 4 nitrogen and oxygen atoms in total. The molecular formula is C30H48O4. The predicted molar refractivity (Wildman–Crippen MR) is 135 cm³/mol. The molecule has 2 bridgehead atoms. The molecule has 5 rings (SSSR count). The Bertz CT molecular complexity index is 885. The number of hydrogen-bond donors (Lipinski definition) is 3. The second kappa shape index (κ2) is 7.43. The highest BCUT2D eigenvalue weighted by Crippen LogP contribution is 2.78. The molecule has 0 amide bonds. The number of hydrogen-bond acceptors (Lipinski definition) is 4. The van der Waals surface area contributed by atoms with Gasteiger partial charge in [-0.25, -0.2) is 0 Å². The van der Waals surface area contributed by atoms with Crippen molar-refractivity contribution in [2.45, 2.75) is 117 Å². The lowest BCUT2D eigenvalue weighted by Crippen LogP contribution is -2.65. The van der Waals surface area contributed by atoms with E-state index in [9.17, 15) is 15.3 Å². The molecule has 1 spiro atoms. The summed E-state index contributed by atoms with van der Waals surface area (Å²) in [7, 11) is 0. The molecule has 192 valence electrons. The second-order valence-corrected chi connectivity index (χ2v) is 14.3. The van der Waals surface area contributed by atoms with E-state index in [-0.39, 0.29) is 22.2 Å². The molecule has 10 atom stereocenters. The van der Waals surface area contributed by atoms with E-state index in [4.69, 9.17) is 4.74 Å². The van der Waals surface area contributed by atoms with Crippen LogP contribution in [-0.4, -0.2) is 38.9 Å². The topological polar surface area (TPSA) is 69.9 Å². The first-order valence-corrected chi connectivity index (χ1v) is 13.8. The minimum atomic E-state index is -0.769. The minimum absolute atomic E-state index is 0.113. The molecule has 34 heavy (non-hydrogen) atoms. The highest BCUT2D eigenvalue weighted by atomic mass is 16.6. The smallest absolute Gasteiger partial charge is 0.162 e. The molecular weight excluding hydrogens is 424 g/mol. The van der Waals surface area contributed by atoms with Crippen molar-refractivity contribution in [2.24, 2.45) is 45.3 Å². The Kier molecular flexibility index (Phi) is 5.46. The average Bonchev–Trinajstić information content (AvgIpc) is 3.09. The predicted octanol–water partition coefficient (Wildman–Crippen LogP) is 5.61. The lowest BCUT2D eigenvalue weighted by Gasteiger charge is -2.65. The first-order valence-electron chi connectivity index (χ1n) is 13.8. The van der Waals surface area contributed by atoms with Gasteiger partial charge in [-0.15, -0.1) is 0 Å². The van der Waals surface area contributed by atoms with E-state index in [1.807, 2.05) is 19.9 Å². The summed E-state index contributed by atoms with van der Waals surface area (Å²) in [6.45, 7) is 15.3. The molecule has 5 aliphatic rings. The van der Waals surface area contributed by atoms with Crippen LogP contribution < -0.4 is 0 Å². The van der Waals surface area contributed by atoms with E-state index >= 15 is 0 Å². The normalized spacial score (nSPS) is 52.4. The van der Waals surface area contributed by atoms with Crippen LogP contribution in [0.4, 0.5) is 0 Å². The van der Waals surface area contributed by atoms with Crippen LogP contribution in [0.2, 0.25) is 0 Å². The van der Waals surface area contributed by atoms with Gasteiger partial charge in [0.1, 0.15) is 5.60 Å². The van der Waals surface area contributed by atoms with Gasteiger partial charge in [-0.3, -0.25) is 0 Å². The molecule has 0 aromatic carbocycles. The zero-order valence-corrected chi connectivity index (χ0v) is 22.5. The number of aliphatic hydroxyl groups is 3. The Morgan fingerprint density at radius 3 is 2.41 bits per heavy atom. The van der Waals surface area contributed by atoms with Crippen LogP contribution in [0.15, 0.2) is 24.3 Å². The highest BCUT2D eigenvalue weighted by molar-refractivity contribution is 5.34. The van der Waals surface area contributed by atoms with Gasteiger partial charge >= 0.3 is 0 Å². The second-order valence-electron chi connectivity index (χ2n) is 14.3. The molecule has 4 heteroatoms. The third-order valence-corrected chi connectivity index (χ3v) is 12.2. The summed E-state index contributed by atoms with van der Waals surface area (Å²) < 4.78 is 6.58. The van der Waals surface area contributed by atoms with Crippen molar-refractivity contribution in [1.82, 2.24) is 0 Å². The Labute approximate surface area is 206 Å². The number of ether oxygens (including phenoxy) is 1. The van der Waals surface area contributed by atoms with Crippen molar-refractivity contribution >= 4 is 0 Å². The Morgan fingerprint density at radius 1 is 1.03 bits per heavy atom. The van der Waals surface area contributed by atoms with Crippen molar-refractivity contribution in [3.63, 3.8) is 0 Å². The fourth-order valence-corrected chi connectivity index (χ4v) is 9.98. The monoisotopic (exact) mass is 472 g/mol. The van der Waals surface area contributed by atoms with Gasteiger partial charge in [0.2, 0.25) is 0 Å². The SMILES string of the molecule is C[C@H](C/C=C/C(C)(C)O)[C@H]1CC[C@@]2(C)[C@@H]3C=C[C@@]45O[C@H](O)[C@]3(CC[C@]12C)[C@@H]4CC[C@H](O)C5(C)C. The van der Waals surface area contributed by atoms with Crippen molar-refractivity contribution in [2.75, 3.05) is 0 Å². The van der Waals surface area contributed by atoms with Crippen LogP contribution >= 0.6 is 0 Å². The van der Waals surface area contributed by atoms with E-state index in [0.29, 0.717) is 17.8 Å². The number of allylic oxidation sites excluding steroid dienone is 2. The van der Waals surface area contributed by atoms with Gasteiger partial charge in [0.25, 0.3) is 0 Å². The van der Waals surface area contributed by atoms with Crippen LogP contribution in [0, 0.1) is 45.3 Å². The number of fused-ring (bicyclic) bond motifs is 2. The zero-order valence-electron chi connectivity index (χ0n) is 22.5. The quantitative estimate of drug-likeness (QED) is 0.465. The maximum Gasteiger partial charge on any atom is 0.162 e. The number of aliphatic hydroxyl groups excluding tert-OH is 2. The first-order chi connectivity index (χ1) is 15.7. The summed E-state index contributed by atoms with van der Waals surface area (Å²) in [5, 5.41) is 32.6. The minimum Gasteiger partial charge on any atom is -0.392 e. The Morgan fingerprint density at radius 2 is 1.74 bits per heavy atom. The summed E-state index contributed by atoms with van der Waals surface area (Å²) >= 11 is 0. The van der Waals surface area contributed by atoms with Gasteiger partial charge in [0.05, 0.1) is 11.7 Å². The standard InChI is InChI=1S/C30H48O4/c1-19(9-8-14-25(2,3)33)20-12-15-28(7)21-13-16-30-22(10-11-23(31)26(30,4)5)29(21,24(32)34-30)18-17-27(20,28)6/h8,13-14,16,19-24,31-33H,9-12,15,17-18H2,1-7H3/b14-8+/t19-,20-,21+,22+,23+,24+,27-,28+,29+,30-/m1/s1. The zero-order chi connectivity index (χ0) is 24.9. The molecule has 0 radical (unpaired) electrons. The van der Waals surface area contributed by atoms with Gasteiger partial charge in [-0.1, -0.05) is 58.9 Å². The molecule has 0 aromatic rings. The van der Waals surface area contributed by atoms with Gasteiger partial charge < -0.3 is 20.1 Å². The lowest BCUT2D eigenvalue weighted by molar-refractivity contribution is -0.213. The van der Waals surface area contributed by atoms with Crippen LogP contribution in [0.5, 0.6) is 0 Å². The van der Waals surface area contributed by atoms with Crippen molar-refractivity contribution < 1.29 is 20.1 Å². The molecule has 0 unspecified atom stereocenters. The lowest BCUT2D eigenvalue weighted by atomic mass is 9.38. The van der Waals surface area contributed by atoms with Crippen LogP contribution in [-0.2, 0) is 4.74 Å². The molecule has 1 heterocycles. The van der Waals surface area contributed by atoms with Crippen LogP contribution in [0.3, 0.4) is 0 Å². The molecule has 0 aromatic heterocycles. The molecule has 3 N–H and O–H groups in total. The Balaban J connectivity index is 1.50. The third-order valence-electron chi connectivity index (χ3n) is 12.2. The highest BCUT2D eigenvalue weighted by Gasteiger charge is 2.78. The molecule has 3 saturated carbocycles. The van der Waals surface area contributed by atoms with E-state index < -0.39 is 29.0 Å². The summed E-state index contributed by atoms with van der Waals surface area (Å²) in [5.74, 6) is 1.74. The van der Waals surface area contributed by atoms with Crippen LogP contribution in [0.25, 0.3) is 0 Å². The Hall–Kier alpha value is -0.680. The fraction of sp³-hybridized carbons (Fsp3) is 0.867. The van der Waals surface area contributed by atoms with Gasteiger partial charge in [0, 0.05) is 16.7 Å². The molecule has 1 aliphatic heterocycles. The van der Waals surface area contributed by atoms with Crippen molar-refractivity contribution in [3.8, 4) is 0 Å². The van der Waals surface area contributed by atoms with Crippen LogP contribution in [0.1, 0.15) is 93.4 Å². The fourth-order valence-electron chi connectivity index (χ4n) is 9.98. The van der Waals surface area contributed by atoms with Gasteiger partial charge in [-0.2, -0.15) is 0 Å². The third kappa shape index (κ3) is 2.92. The van der Waals surface area contributed by atoms with Crippen molar-refractivity contribution in [1.29, 1.82) is 0 Å². The summed E-state index contributed by atoms with van der Waals surface area (Å²) in [6.07, 6.45) is 14.9. The molecule has 4 fully saturated rings. The molecule has 4 aliphatic carbocycles. The maximum absolute atomic E-state index is 11.6. The number of rotatable bonds is 4.